The van der Waals surface area contributed by atoms with E-state index in [9.17, 15) is 39.9 Å². The summed E-state index contributed by atoms with van der Waals surface area (Å²) in [5, 5.41) is 0. The molecule has 30 heavy (non-hydrogen) atoms. The number of rotatable bonds is 5. The maximum atomic E-state index is 14.3. The lowest BCUT2D eigenvalue weighted by molar-refractivity contribution is -0.189. The van der Waals surface area contributed by atoms with Gasteiger partial charge in [0.15, 0.2) is 17.5 Å². The van der Waals surface area contributed by atoms with Gasteiger partial charge in [-0.15, -0.1) is 0 Å². The van der Waals surface area contributed by atoms with E-state index in [0.717, 1.165) is 12.1 Å². The first kappa shape index (κ1) is 21.3. The number of alkyl halides is 2. The van der Waals surface area contributed by atoms with Crippen LogP contribution in [0.3, 0.4) is 0 Å². The molecular weight excluding hydrogens is 424 g/mol. The number of carbonyl (C=O) groups is 1. The van der Waals surface area contributed by atoms with Crippen LogP contribution >= 0.6 is 0 Å². The van der Waals surface area contributed by atoms with Gasteiger partial charge in [0.05, 0.1) is 0 Å². The molecule has 0 unspecified atom stereocenters. The third-order valence-electron chi connectivity index (χ3n) is 3.97. The van der Waals surface area contributed by atoms with E-state index in [1.807, 2.05) is 0 Å². The molecule has 3 aromatic carbocycles. The molecule has 0 radical (unpaired) electrons. The van der Waals surface area contributed by atoms with Crippen molar-refractivity contribution in [1.82, 2.24) is 0 Å². The van der Waals surface area contributed by atoms with Gasteiger partial charge in [0, 0.05) is 17.2 Å². The van der Waals surface area contributed by atoms with Gasteiger partial charge in [0.1, 0.15) is 35.1 Å². The molecule has 0 saturated carbocycles. The van der Waals surface area contributed by atoms with E-state index < -0.39 is 69.0 Å². The number of aldehydes is 1. The van der Waals surface area contributed by atoms with Crippen LogP contribution < -0.4 is 4.74 Å². The van der Waals surface area contributed by atoms with E-state index in [-0.39, 0.29) is 6.29 Å². The second-order valence-electron chi connectivity index (χ2n) is 5.99. The Morgan fingerprint density at radius 1 is 0.733 bits per heavy atom. The summed E-state index contributed by atoms with van der Waals surface area (Å²) < 4.78 is 114. The molecule has 0 amide bonds. The molecule has 0 aliphatic heterocycles. The Morgan fingerprint density at radius 3 is 1.80 bits per heavy atom. The number of halogens is 8. The molecule has 0 aliphatic rings. The third kappa shape index (κ3) is 3.98. The van der Waals surface area contributed by atoms with Crippen molar-refractivity contribution >= 4 is 6.29 Å². The monoisotopic (exact) mass is 432 g/mol. The van der Waals surface area contributed by atoms with Crippen LogP contribution in [0.4, 0.5) is 35.1 Å². The van der Waals surface area contributed by atoms with Crippen LogP contribution in [0.1, 0.15) is 15.9 Å². The molecule has 3 aromatic rings. The fourth-order valence-corrected chi connectivity index (χ4v) is 2.64. The van der Waals surface area contributed by atoms with Crippen LogP contribution in [0.25, 0.3) is 11.1 Å². The van der Waals surface area contributed by atoms with Crippen molar-refractivity contribution in [2.75, 3.05) is 0 Å². The summed E-state index contributed by atoms with van der Waals surface area (Å²) >= 11 is 0. The first-order valence-electron chi connectivity index (χ1n) is 7.99. The van der Waals surface area contributed by atoms with Gasteiger partial charge >= 0.3 is 6.11 Å². The molecule has 2 nitrogen and oxygen atoms in total. The summed E-state index contributed by atoms with van der Waals surface area (Å²) in [4.78, 5) is 10.5. The van der Waals surface area contributed by atoms with Crippen molar-refractivity contribution < 1.29 is 44.7 Å². The van der Waals surface area contributed by atoms with Gasteiger partial charge in [-0.1, -0.05) is 0 Å². The molecule has 0 saturated heterocycles. The largest absolute Gasteiger partial charge is 0.432 e. The van der Waals surface area contributed by atoms with E-state index >= 15 is 0 Å². The summed E-state index contributed by atoms with van der Waals surface area (Å²) in [7, 11) is 0. The minimum absolute atomic E-state index is 0.0458. The number of benzene rings is 3. The zero-order chi connectivity index (χ0) is 22.2. The van der Waals surface area contributed by atoms with Gasteiger partial charge in [-0.25, -0.2) is 26.3 Å². The summed E-state index contributed by atoms with van der Waals surface area (Å²) in [6.45, 7) is 0. The van der Waals surface area contributed by atoms with Crippen molar-refractivity contribution in [3.8, 4) is 16.9 Å². The van der Waals surface area contributed by atoms with Crippen molar-refractivity contribution in [3.63, 3.8) is 0 Å². The predicted octanol–water partition coefficient (Wildman–Crippen LogP) is 6.13. The zero-order valence-electron chi connectivity index (χ0n) is 14.5. The normalized spacial score (nSPS) is 11.5. The Kier molecular flexibility index (Phi) is 5.51. The smallest absolute Gasteiger partial charge is 0.429 e. The van der Waals surface area contributed by atoms with Gasteiger partial charge in [-0.3, -0.25) is 4.79 Å². The van der Waals surface area contributed by atoms with Crippen molar-refractivity contribution in [2.24, 2.45) is 0 Å². The lowest BCUT2D eigenvalue weighted by Crippen LogP contribution is -2.25. The summed E-state index contributed by atoms with van der Waals surface area (Å²) in [6.07, 6.45) is -4.55. The van der Waals surface area contributed by atoms with Gasteiger partial charge in [-0.05, 0) is 42.0 Å². The first-order valence-corrected chi connectivity index (χ1v) is 7.99. The molecule has 0 bridgehead atoms. The molecule has 0 aliphatic carbocycles. The molecule has 156 valence electrons. The third-order valence-corrected chi connectivity index (χ3v) is 3.97. The van der Waals surface area contributed by atoms with E-state index in [1.165, 1.54) is 0 Å². The Balaban J connectivity index is 1.95. The standard InChI is InChI=1S/C20H8F8O2/c21-13-7-11(1-2-12(13)10-5-16(24)19(26)17(25)6-10)30-20(27,28)18-14(22)3-9(8-29)4-15(18)23/h1-8H. The minimum atomic E-state index is -4.60. The van der Waals surface area contributed by atoms with E-state index in [1.54, 1.807) is 0 Å². The number of carbonyl (C=O) groups excluding carboxylic acids is 1. The number of hydrogen-bond acceptors (Lipinski definition) is 2. The first-order chi connectivity index (χ1) is 14.0. The highest BCUT2D eigenvalue weighted by molar-refractivity contribution is 5.75. The quantitative estimate of drug-likeness (QED) is 0.276. The molecule has 0 N–H and O–H groups in total. The van der Waals surface area contributed by atoms with Gasteiger partial charge in [0.2, 0.25) is 0 Å². The van der Waals surface area contributed by atoms with Crippen LogP contribution in [-0.2, 0) is 6.11 Å². The maximum Gasteiger partial charge on any atom is 0.432 e. The molecule has 3 rings (SSSR count). The molecule has 0 aromatic heterocycles. The van der Waals surface area contributed by atoms with Gasteiger partial charge in [0.25, 0.3) is 0 Å². The lowest BCUT2D eigenvalue weighted by atomic mass is 10.0. The number of ether oxygens (including phenoxy) is 1. The topological polar surface area (TPSA) is 26.3 Å². The van der Waals surface area contributed by atoms with E-state index in [2.05, 4.69) is 4.74 Å². The maximum absolute atomic E-state index is 14.3. The van der Waals surface area contributed by atoms with Crippen molar-refractivity contribution in [1.29, 1.82) is 0 Å². The van der Waals surface area contributed by atoms with E-state index in [4.69, 9.17) is 0 Å². The summed E-state index contributed by atoms with van der Waals surface area (Å²) in [5.74, 6) is -10.7. The summed E-state index contributed by atoms with van der Waals surface area (Å²) in [5.41, 5.74) is -3.24. The van der Waals surface area contributed by atoms with Crippen molar-refractivity contribution in [3.05, 3.63) is 88.5 Å². The number of hydrogen-bond donors (Lipinski definition) is 0. The fraction of sp³-hybridized carbons (Fsp3) is 0.0500. The van der Waals surface area contributed by atoms with Crippen LogP contribution in [0.15, 0.2) is 42.5 Å². The van der Waals surface area contributed by atoms with Crippen LogP contribution in [-0.4, -0.2) is 6.29 Å². The van der Waals surface area contributed by atoms with Crippen molar-refractivity contribution in [2.45, 2.75) is 6.11 Å². The Hall–Kier alpha value is -3.43. The summed E-state index contributed by atoms with van der Waals surface area (Å²) in [6, 6.07) is 3.65. The Morgan fingerprint density at radius 2 is 1.30 bits per heavy atom. The van der Waals surface area contributed by atoms with Gasteiger partial charge in [-0.2, -0.15) is 8.78 Å². The predicted molar refractivity (Wildman–Crippen MR) is 88.0 cm³/mol. The molecule has 0 spiro atoms. The molecule has 0 atom stereocenters. The minimum Gasteiger partial charge on any atom is -0.429 e. The highest BCUT2D eigenvalue weighted by Crippen LogP contribution is 2.37. The van der Waals surface area contributed by atoms with Crippen LogP contribution in [0, 0.1) is 34.9 Å². The van der Waals surface area contributed by atoms with Gasteiger partial charge < -0.3 is 4.74 Å². The SMILES string of the molecule is O=Cc1cc(F)c(C(F)(F)Oc2ccc(-c3cc(F)c(F)c(F)c3)c(F)c2)c(F)c1. The average Bonchev–Trinajstić information content (AvgIpc) is 2.64. The zero-order valence-corrected chi connectivity index (χ0v) is 14.5. The second kappa shape index (κ2) is 7.77. The van der Waals surface area contributed by atoms with Crippen LogP contribution in [0.2, 0.25) is 0 Å². The highest BCUT2D eigenvalue weighted by atomic mass is 19.3. The fourth-order valence-electron chi connectivity index (χ4n) is 2.64. The molecule has 10 heteroatoms. The Labute approximate surface area is 163 Å². The average molecular weight is 432 g/mol. The highest BCUT2D eigenvalue weighted by Gasteiger charge is 2.41. The molecule has 0 heterocycles. The molecular formula is C20H8F8O2. The van der Waals surface area contributed by atoms with Crippen LogP contribution in [0.5, 0.6) is 5.75 Å². The molecule has 0 fully saturated rings. The Bertz CT molecular complexity index is 1100. The second-order valence-corrected chi connectivity index (χ2v) is 5.99. The lowest BCUT2D eigenvalue weighted by Gasteiger charge is -2.20. The van der Waals surface area contributed by atoms with E-state index in [0.29, 0.717) is 30.3 Å².